The predicted molar refractivity (Wildman–Crippen MR) is 135 cm³/mol. The Morgan fingerprint density at radius 3 is 2.37 bits per heavy atom. The number of hydrogen-bond acceptors (Lipinski definition) is 10. The summed E-state index contributed by atoms with van der Waals surface area (Å²) in [5.41, 5.74) is 2.99. The molecule has 0 atom stereocenters. The lowest BCUT2D eigenvalue weighted by atomic mass is 10.2. The van der Waals surface area contributed by atoms with E-state index in [2.05, 4.69) is 49.5 Å². The topological polar surface area (TPSA) is 101 Å². The minimum atomic E-state index is 0.453. The lowest BCUT2D eigenvalue weighted by molar-refractivity contribution is 0.312. The third-order valence-electron chi connectivity index (χ3n) is 6.04. The van der Waals surface area contributed by atoms with Crippen LogP contribution in [0, 0.1) is 0 Å². The van der Waals surface area contributed by atoms with Gasteiger partial charge in [0.2, 0.25) is 11.6 Å². The molecule has 5 rings (SSSR count). The van der Waals surface area contributed by atoms with Gasteiger partial charge in [0, 0.05) is 38.3 Å². The molecule has 0 radical (unpaired) electrons. The van der Waals surface area contributed by atoms with Gasteiger partial charge in [0.05, 0.1) is 14.2 Å². The molecule has 2 aromatic carbocycles. The molecule has 10 heteroatoms. The molecule has 4 aromatic rings. The fraction of sp³-hybridized carbons (Fsp3) is 0.320. The van der Waals surface area contributed by atoms with Crippen LogP contribution in [0.4, 0.5) is 11.8 Å². The van der Waals surface area contributed by atoms with Crippen LogP contribution in [0.3, 0.4) is 0 Å². The molecule has 0 aliphatic carbocycles. The highest BCUT2D eigenvalue weighted by atomic mass is 16.5. The number of likely N-dealkylation sites (N-methyl/N-ethyl adjacent to an activating group) is 1. The number of rotatable bonds is 7. The summed E-state index contributed by atoms with van der Waals surface area (Å²) >= 11 is 0. The molecule has 2 aromatic heterocycles. The third kappa shape index (κ3) is 4.92. The quantitative estimate of drug-likeness (QED) is 0.432. The van der Waals surface area contributed by atoms with Crippen molar-refractivity contribution in [3.05, 3.63) is 54.1 Å². The van der Waals surface area contributed by atoms with Crippen LogP contribution in [-0.4, -0.2) is 77.5 Å². The normalized spacial score (nSPS) is 14.2. The summed E-state index contributed by atoms with van der Waals surface area (Å²) in [7, 11) is 5.33. The van der Waals surface area contributed by atoms with Crippen LogP contribution >= 0.6 is 0 Å². The summed E-state index contributed by atoms with van der Waals surface area (Å²) in [6.45, 7) is 4.19. The van der Waals surface area contributed by atoms with Crippen LogP contribution in [0.25, 0.3) is 22.6 Å². The van der Waals surface area contributed by atoms with Gasteiger partial charge in [0.25, 0.3) is 0 Å². The predicted octanol–water partition coefficient (Wildman–Crippen LogP) is 2.86. The minimum Gasteiger partial charge on any atom is -0.493 e. The van der Waals surface area contributed by atoms with Crippen LogP contribution < -0.4 is 19.7 Å². The maximum absolute atomic E-state index is 5.45. The third-order valence-corrected chi connectivity index (χ3v) is 6.04. The number of nitrogens with one attached hydrogen (secondary N) is 1. The molecule has 1 aliphatic heterocycles. The van der Waals surface area contributed by atoms with E-state index in [0.717, 1.165) is 43.1 Å². The number of fused-ring (bicyclic) bond motifs is 1. The molecule has 0 unspecified atom stereocenters. The Kier molecular flexibility index (Phi) is 6.53. The van der Waals surface area contributed by atoms with Gasteiger partial charge in [-0.1, -0.05) is 30.3 Å². The zero-order chi connectivity index (χ0) is 24.2. The van der Waals surface area contributed by atoms with Crippen LogP contribution in [-0.2, 0) is 6.54 Å². The summed E-state index contributed by atoms with van der Waals surface area (Å²) in [5, 5.41) is 12.1. The van der Waals surface area contributed by atoms with Crippen LogP contribution in [0.5, 0.6) is 11.5 Å². The summed E-state index contributed by atoms with van der Waals surface area (Å²) in [6.07, 6.45) is 0. The Hall–Kier alpha value is -4.05. The molecular weight excluding hydrogens is 444 g/mol. The second-order valence-corrected chi connectivity index (χ2v) is 8.38. The van der Waals surface area contributed by atoms with Crippen molar-refractivity contribution in [2.45, 2.75) is 6.54 Å². The van der Waals surface area contributed by atoms with Gasteiger partial charge in [0.1, 0.15) is 0 Å². The summed E-state index contributed by atoms with van der Waals surface area (Å²) in [5.74, 6) is 2.98. The van der Waals surface area contributed by atoms with Crippen molar-refractivity contribution in [3.8, 4) is 22.9 Å². The molecule has 1 fully saturated rings. The number of methoxy groups -OCH3 is 2. The average molecular weight is 473 g/mol. The first-order chi connectivity index (χ1) is 17.1. The second-order valence-electron chi connectivity index (χ2n) is 8.38. The standard InChI is InChI=1S/C25H28N8O2/c1-32-11-13-33(14-12-32)24-21-23(28-25(29-24)26-16-17-7-5-4-6-8-17)31-30-22(27-21)18-9-10-19(34-2)20(15-18)35-3/h4-10,15H,11-14,16H2,1-3H3,(H,26,28,29,31). The number of benzene rings is 2. The summed E-state index contributed by atoms with van der Waals surface area (Å²) in [6, 6.07) is 15.7. The van der Waals surface area contributed by atoms with Gasteiger partial charge in [-0.3, -0.25) is 0 Å². The van der Waals surface area contributed by atoms with E-state index in [1.807, 2.05) is 36.4 Å². The van der Waals surface area contributed by atoms with Crippen molar-refractivity contribution in [2.24, 2.45) is 0 Å². The SMILES string of the molecule is COc1ccc(-c2nnc3nc(NCc4ccccc4)nc(N4CCN(C)CC4)c3n2)cc1OC. The van der Waals surface area contributed by atoms with Crippen molar-refractivity contribution in [1.82, 2.24) is 30.0 Å². The first-order valence-corrected chi connectivity index (χ1v) is 11.5. The van der Waals surface area contributed by atoms with Gasteiger partial charge in [-0.25, -0.2) is 4.98 Å². The summed E-state index contributed by atoms with van der Waals surface area (Å²) in [4.78, 5) is 18.9. The number of hydrogen-bond donors (Lipinski definition) is 1. The maximum Gasteiger partial charge on any atom is 0.227 e. The number of nitrogens with zero attached hydrogens (tertiary/aromatic N) is 7. The fourth-order valence-electron chi connectivity index (χ4n) is 4.02. The number of piperazine rings is 1. The van der Waals surface area contributed by atoms with E-state index in [9.17, 15) is 0 Å². The Morgan fingerprint density at radius 2 is 1.63 bits per heavy atom. The van der Waals surface area contributed by atoms with Gasteiger partial charge >= 0.3 is 0 Å². The molecule has 0 saturated carbocycles. The van der Waals surface area contributed by atoms with Crippen LogP contribution in [0.15, 0.2) is 48.5 Å². The lowest BCUT2D eigenvalue weighted by Gasteiger charge is -2.33. The largest absolute Gasteiger partial charge is 0.493 e. The minimum absolute atomic E-state index is 0.453. The first-order valence-electron chi connectivity index (χ1n) is 11.5. The van der Waals surface area contributed by atoms with Gasteiger partial charge in [-0.05, 0) is 30.8 Å². The molecule has 1 saturated heterocycles. The van der Waals surface area contributed by atoms with E-state index in [1.165, 1.54) is 0 Å². The van der Waals surface area contributed by atoms with Crippen molar-refractivity contribution in [1.29, 1.82) is 0 Å². The highest BCUT2D eigenvalue weighted by molar-refractivity contribution is 5.85. The summed E-state index contributed by atoms with van der Waals surface area (Å²) < 4.78 is 10.8. The molecule has 0 amide bonds. The smallest absolute Gasteiger partial charge is 0.227 e. The van der Waals surface area contributed by atoms with E-state index in [1.54, 1.807) is 14.2 Å². The van der Waals surface area contributed by atoms with Crippen LogP contribution in [0.2, 0.25) is 0 Å². The highest BCUT2D eigenvalue weighted by Crippen LogP contribution is 2.32. The monoisotopic (exact) mass is 472 g/mol. The average Bonchev–Trinajstić information content (AvgIpc) is 2.92. The molecule has 1 N–H and O–H groups in total. The molecule has 0 bridgehead atoms. The van der Waals surface area contributed by atoms with Crippen molar-refractivity contribution in [2.75, 3.05) is 57.7 Å². The van der Waals surface area contributed by atoms with Gasteiger partial charge in [-0.2, -0.15) is 9.97 Å². The van der Waals surface area contributed by atoms with Gasteiger partial charge in [-0.15, -0.1) is 10.2 Å². The van der Waals surface area contributed by atoms with E-state index in [0.29, 0.717) is 41.0 Å². The van der Waals surface area contributed by atoms with Crippen molar-refractivity contribution in [3.63, 3.8) is 0 Å². The first kappa shape index (κ1) is 22.7. The number of anilines is 2. The Morgan fingerprint density at radius 1 is 0.857 bits per heavy atom. The Labute approximate surface area is 204 Å². The zero-order valence-corrected chi connectivity index (χ0v) is 20.1. The Balaban J connectivity index is 1.54. The molecule has 35 heavy (non-hydrogen) atoms. The molecule has 3 heterocycles. The highest BCUT2D eigenvalue weighted by Gasteiger charge is 2.22. The van der Waals surface area contributed by atoms with Crippen molar-refractivity contribution >= 4 is 22.9 Å². The number of aromatic nitrogens is 5. The molecular formula is C25H28N8O2. The Bertz CT molecular complexity index is 1310. The molecule has 10 nitrogen and oxygen atoms in total. The fourth-order valence-corrected chi connectivity index (χ4v) is 4.02. The van der Waals surface area contributed by atoms with Gasteiger partial charge in [0.15, 0.2) is 28.7 Å². The zero-order valence-electron chi connectivity index (χ0n) is 20.1. The lowest BCUT2D eigenvalue weighted by Crippen LogP contribution is -2.45. The molecule has 0 spiro atoms. The van der Waals surface area contributed by atoms with E-state index in [-0.39, 0.29) is 0 Å². The maximum atomic E-state index is 5.45. The van der Waals surface area contributed by atoms with Crippen LogP contribution in [0.1, 0.15) is 5.56 Å². The molecule has 1 aliphatic rings. The number of ether oxygens (including phenoxy) is 2. The van der Waals surface area contributed by atoms with Gasteiger partial charge < -0.3 is 24.6 Å². The van der Waals surface area contributed by atoms with Crippen molar-refractivity contribution < 1.29 is 9.47 Å². The molecule has 180 valence electrons. The van der Waals surface area contributed by atoms with E-state index in [4.69, 9.17) is 19.4 Å². The van der Waals surface area contributed by atoms with E-state index < -0.39 is 0 Å². The second kappa shape index (κ2) is 10.1. The van der Waals surface area contributed by atoms with E-state index >= 15 is 0 Å².